The van der Waals surface area contributed by atoms with Gasteiger partial charge in [-0.05, 0) is 48.1 Å². The molecular weight excluding hydrogens is 326 g/mol. The van der Waals surface area contributed by atoms with Crippen LogP contribution in [0.1, 0.15) is 23.1 Å². The molecule has 0 amide bonds. The Hall–Kier alpha value is -1.32. The topological polar surface area (TPSA) is 35.2 Å². The Morgan fingerprint density at radius 1 is 1.19 bits per heavy atom. The Morgan fingerprint density at radius 2 is 2.00 bits per heavy atom. The van der Waals surface area contributed by atoms with Crippen LogP contribution < -0.4 is 10.5 Å². The Morgan fingerprint density at radius 3 is 2.81 bits per heavy atom. The molecule has 0 aliphatic carbocycles. The molecule has 0 saturated carbocycles. The van der Waals surface area contributed by atoms with E-state index in [1.54, 1.807) is 0 Å². The van der Waals surface area contributed by atoms with Crippen LogP contribution in [0, 0.1) is 0 Å². The zero-order valence-electron chi connectivity index (χ0n) is 12.0. The standard InChI is InChI=1S/C18H20BrNO/c19-16-10-14-8-9-21-18(14)15(11-16)12-17(20)7-6-13-4-2-1-3-5-13/h1-5,10-11,17H,6-9,12,20H2. The molecule has 3 rings (SSSR count). The number of halogens is 1. The largest absolute Gasteiger partial charge is 0.493 e. The second-order valence-electron chi connectivity index (χ2n) is 5.64. The Bertz CT molecular complexity index is 612. The van der Waals surface area contributed by atoms with Crippen molar-refractivity contribution in [2.45, 2.75) is 31.7 Å². The minimum atomic E-state index is 0.160. The molecule has 0 fully saturated rings. The summed E-state index contributed by atoms with van der Waals surface area (Å²) in [5.41, 5.74) is 10.2. The van der Waals surface area contributed by atoms with Gasteiger partial charge in [-0.2, -0.15) is 0 Å². The van der Waals surface area contributed by atoms with E-state index in [1.807, 2.05) is 6.07 Å². The second-order valence-corrected chi connectivity index (χ2v) is 6.56. The first-order valence-corrected chi connectivity index (χ1v) is 8.25. The molecule has 110 valence electrons. The van der Waals surface area contributed by atoms with Gasteiger partial charge in [-0.1, -0.05) is 46.3 Å². The summed E-state index contributed by atoms with van der Waals surface area (Å²) in [4.78, 5) is 0. The van der Waals surface area contributed by atoms with E-state index in [-0.39, 0.29) is 6.04 Å². The van der Waals surface area contributed by atoms with Gasteiger partial charge in [-0.15, -0.1) is 0 Å². The molecule has 1 atom stereocenters. The number of hydrogen-bond donors (Lipinski definition) is 1. The maximum absolute atomic E-state index is 6.33. The Kier molecular flexibility index (Phi) is 4.61. The fourth-order valence-electron chi connectivity index (χ4n) is 2.88. The predicted octanol–water partition coefficient (Wildman–Crippen LogP) is 3.89. The Labute approximate surface area is 134 Å². The highest BCUT2D eigenvalue weighted by Gasteiger charge is 2.18. The number of benzene rings is 2. The molecule has 2 nitrogen and oxygen atoms in total. The zero-order chi connectivity index (χ0) is 14.7. The highest BCUT2D eigenvalue weighted by Crippen LogP contribution is 2.33. The molecule has 0 radical (unpaired) electrons. The van der Waals surface area contributed by atoms with Gasteiger partial charge >= 0.3 is 0 Å². The zero-order valence-corrected chi connectivity index (χ0v) is 13.6. The Balaban J connectivity index is 1.64. The summed E-state index contributed by atoms with van der Waals surface area (Å²) in [6.45, 7) is 0.790. The lowest BCUT2D eigenvalue weighted by atomic mass is 9.98. The lowest BCUT2D eigenvalue weighted by Gasteiger charge is -2.15. The van der Waals surface area contributed by atoms with Crippen molar-refractivity contribution in [3.63, 3.8) is 0 Å². The lowest BCUT2D eigenvalue weighted by Crippen LogP contribution is -2.23. The van der Waals surface area contributed by atoms with Crippen molar-refractivity contribution in [1.29, 1.82) is 0 Å². The normalized spacial score (nSPS) is 14.6. The van der Waals surface area contributed by atoms with Crippen LogP contribution >= 0.6 is 15.9 Å². The maximum atomic E-state index is 6.33. The summed E-state index contributed by atoms with van der Waals surface area (Å²) in [5.74, 6) is 1.06. The van der Waals surface area contributed by atoms with Crippen LogP contribution in [0.5, 0.6) is 5.75 Å². The van der Waals surface area contributed by atoms with Gasteiger partial charge in [0, 0.05) is 16.9 Å². The van der Waals surface area contributed by atoms with Gasteiger partial charge in [0.2, 0.25) is 0 Å². The van der Waals surface area contributed by atoms with Gasteiger partial charge in [0.15, 0.2) is 0 Å². The SMILES string of the molecule is NC(CCc1ccccc1)Cc1cc(Br)cc2c1OCC2. The molecule has 2 aromatic rings. The van der Waals surface area contributed by atoms with Crippen molar-refractivity contribution in [3.8, 4) is 5.75 Å². The first-order valence-electron chi connectivity index (χ1n) is 7.46. The summed E-state index contributed by atoms with van der Waals surface area (Å²) in [6, 6.07) is 15.0. The van der Waals surface area contributed by atoms with Crippen LogP contribution in [0.3, 0.4) is 0 Å². The molecule has 21 heavy (non-hydrogen) atoms. The molecule has 1 heterocycles. The minimum absolute atomic E-state index is 0.160. The third kappa shape index (κ3) is 3.66. The highest BCUT2D eigenvalue weighted by atomic mass is 79.9. The summed E-state index contributed by atoms with van der Waals surface area (Å²) in [7, 11) is 0. The molecule has 2 N–H and O–H groups in total. The molecule has 0 saturated heterocycles. The fraction of sp³-hybridized carbons (Fsp3) is 0.333. The van der Waals surface area contributed by atoms with Crippen LogP contribution in [0.25, 0.3) is 0 Å². The summed E-state index contributed by atoms with van der Waals surface area (Å²) < 4.78 is 6.89. The van der Waals surface area contributed by atoms with E-state index in [0.717, 1.165) is 42.5 Å². The highest BCUT2D eigenvalue weighted by molar-refractivity contribution is 9.10. The summed E-state index contributed by atoms with van der Waals surface area (Å²) in [5, 5.41) is 0. The first-order chi connectivity index (χ1) is 10.2. The summed E-state index contributed by atoms with van der Waals surface area (Å²) in [6.07, 6.45) is 3.89. The smallest absolute Gasteiger partial charge is 0.125 e. The average Bonchev–Trinajstić information content (AvgIpc) is 2.94. The van der Waals surface area contributed by atoms with Crippen molar-refractivity contribution in [2.24, 2.45) is 5.73 Å². The maximum Gasteiger partial charge on any atom is 0.125 e. The van der Waals surface area contributed by atoms with E-state index in [2.05, 4.69) is 52.3 Å². The van der Waals surface area contributed by atoms with E-state index < -0.39 is 0 Å². The van der Waals surface area contributed by atoms with Gasteiger partial charge in [0.1, 0.15) is 5.75 Å². The van der Waals surface area contributed by atoms with Crippen molar-refractivity contribution in [2.75, 3.05) is 6.61 Å². The molecular formula is C18H20BrNO. The fourth-order valence-corrected chi connectivity index (χ4v) is 3.43. The van der Waals surface area contributed by atoms with Gasteiger partial charge in [0.05, 0.1) is 6.61 Å². The average molecular weight is 346 g/mol. The van der Waals surface area contributed by atoms with Crippen LogP contribution in [-0.4, -0.2) is 12.6 Å². The van der Waals surface area contributed by atoms with Gasteiger partial charge in [0.25, 0.3) is 0 Å². The number of rotatable bonds is 5. The molecule has 1 unspecified atom stereocenters. The van der Waals surface area contributed by atoms with Crippen molar-refractivity contribution < 1.29 is 4.74 Å². The number of ether oxygens (including phenoxy) is 1. The van der Waals surface area contributed by atoms with E-state index in [4.69, 9.17) is 10.5 Å². The molecule has 2 aromatic carbocycles. The number of fused-ring (bicyclic) bond motifs is 1. The van der Waals surface area contributed by atoms with E-state index in [0.29, 0.717) is 0 Å². The molecule has 3 heteroatoms. The quantitative estimate of drug-likeness (QED) is 0.892. The molecule has 0 aromatic heterocycles. The molecule has 1 aliphatic rings. The van der Waals surface area contributed by atoms with E-state index >= 15 is 0 Å². The van der Waals surface area contributed by atoms with Gasteiger partial charge in [-0.3, -0.25) is 0 Å². The van der Waals surface area contributed by atoms with Gasteiger partial charge < -0.3 is 10.5 Å². The molecule has 1 aliphatic heterocycles. The third-order valence-corrected chi connectivity index (χ3v) is 4.41. The van der Waals surface area contributed by atoms with E-state index in [1.165, 1.54) is 16.7 Å². The van der Waals surface area contributed by atoms with Crippen LogP contribution in [-0.2, 0) is 19.3 Å². The minimum Gasteiger partial charge on any atom is -0.493 e. The van der Waals surface area contributed by atoms with E-state index in [9.17, 15) is 0 Å². The number of hydrogen-bond acceptors (Lipinski definition) is 2. The third-order valence-electron chi connectivity index (χ3n) is 3.95. The monoisotopic (exact) mass is 345 g/mol. The van der Waals surface area contributed by atoms with Crippen molar-refractivity contribution in [1.82, 2.24) is 0 Å². The number of aryl methyl sites for hydroxylation is 1. The first kappa shape index (κ1) is 14.6. The van der Waals surface area contributed by atoms with Crippen LogP contribution in [0.15, 0.2) is 46.9 Å². The summed E-state index contributed by atoms with van der Waals surface area (Å²) >= 11 is 3.59. The van der Waals surface area contributed by atoms with Crippen LogP contribution in [0.2, 0.25) is 0 Å². The van der Waals surface area contributed by atoms with Crippen molar-refractivity contribution in [3.05, 3.63) is 63.6 Å². The number of nitrogens with two attached hydrogens (primary N) is 1. The molecule has 0 bridgehead atoms. The van der Waals surface area contributed by atoms with Crippen LogP contribution in [0.4, 0.5) is 0 Å². The van der Waals surface area contributed by atoms with Crippen molar-refractivity contribution >= 4 is 15.9 Å². The lowest BCUT2D eigenvalue weighted by molar-refractivity contribution is 0.352. The van der Waals surface area contributed by atoms with Gasteiger partial charge in [-0.25, -0.2) is 0 Å². The second kappa shape index (κ2) is 6.63. The predicted molar refractivity (Wildman–Crippen MR) is 89.8 cm³/mol. The molecule has 0 spiro atoms.